The highest BCUT2D eigenvalue weighted by atomic mass is 32.2. The largest absolute Gasteiger partial charge is 0.493 e. The molecule has 0 N–H and O–H groups in total. The van der Waals surface area contributed by atoms with E-state index in [-0.39, 0.29) is 4.08 Å². The molecule has 0 bridgehead atoms. The molecule has 2 aromatic carbocycles. The quantitative estimate of drug-likeness (QED) is 0.305. The van der Waals surface area contributed by atoms with Crippen LogP contribution >= 0.6 is 23.5 Å². The summed E-state index contributed by atoms with van der Waals surface area (Å²) >= 11 is 4.02. The Bertz CT molecular complexity index is 876. The third-order valence-corrected chi connectivity index (χ3v) is 8.22. The molecule has 0 unspecified atom stereocenters. The van der Waals surface area contributed by atoms with Crippen LogP contribution in [-0.4, -0.2) is 24.1 Å². The summed E-state index contributed by atoms with van der Waals surface area (Å²) in [5.41, 5.74) is 2.52. The molecule has 2 aromatic rings. The molecular weight excluding hydrogens is 400 g/mol. The van der Waals surface area contributed by atoms with Crippen LogP contribution in [-0.2, 0) is 8.82 Å². The predicted octanol–water partition coefficient (Wildman–Crippen LogP) is 6.07. The number of ether oxygens (including phenoxy) is 2. The maximum atomic E-state index is 12.1. The summed E-state index contributed by atoms with van der Waals surface area (Å²) in [5, 5.41) is 0. The number of hydrogen-bond acceptors (Lipinski definition) is 5. The van der Waals surface area contributed by atoms with Crippen molar-refractivity contribution in [3.63, 3.8) is 0 Å². The molecule has 0 atom stereocenters. The Morgan fingerprint density at radius 1 is 1.10 bits per heavy atom. The highest BCUT2D eigenvalue weighted by Gasteiger charge is 2.38. The molecule has 0 saturated heterocycles. The maximum absolute atomic E-state index is 12.1. The Morgan fingerprint density at radius 2 is 1.83 bits per heavy atom. The van der Waals surface area contributed by atoms with Crippen LogP contribution in [0.4, 0.5) is 0 Å². The second-order valence-electron chi connectivity index (χ2n) is 6.74. The van der Waals surface area contributed by atoms with Gasteiger partial charge in [0, 0.05) is 17.5 Å². The molecule has 1 aliphatic heterocycles. The number of carbonyl (C=O) groups is 1. The number of esters is 1. The Kier molecular flexibility index (Phi) is 7.97. The first-order valence-corrected chi connectivity index (χ1v) is 12.0. The van der Waals surface area contributed by atoms with Crippen molar-refractivity contribution in [2.45, 2.75) is 37.2 Å². The van der Waals surface area contributed by atoms with Crippen molar-refractivity contribution in [1.29, 1.82) is 0 Å². The van der Waals surface area contributed by atoms with Crippen LogP contribution in [0.1, 0.15) is 54.6 Å². The van der Waals surface area contributed by atoms with E-state index >= 15 is 0 Å². The van der Waals surface area contributed by atoms with Crippen LogP contribution in [0, 0.1) is 12.0 Å². The van der Waals surface area contributed by atoms with Gasteiger partial charge in [-0.15, -0.1) is 23.5 Å². The summed E-state index contributed by atoms with van der Waals surface area (Å²) in [6, 6.07) is 14.9. The van der Waals surface area contributed by atoms with Gasteiger partial charge in [0.2, 0.25) is 0 Å². The predicted molar refractivity (Wildman–Crippen MR) is 122 cm³/mol. The Labute approximate surface area is 181 Å². The van der Waals surface area contributed by atoms with E-state index in [1.807, 2.05) is 41.7 Å². The minimum Gasteiger partial charge on any atom is -0.493 e. The van der Waals surface area contributed by atoms with Gasteiger partial charge in [0.25, 0.3) is 0 Å². The van der Waals surface area contributed by atoms with Crippen molar-refractivity contribution in [2.75, 3.05) is 18.1 Å². The molecule has 29 heavy (non-hydrogen) atoms. The lowest BCUT2D eigenvalue weighted by Crippen LogP contribution is -2.28. The Balaban J connectivity index is 1.82. The molecule has 0 saturated carbocycles. The van der Waals surface area contributed by atoms with Crippen molar-refractivity contribution in [2.24, 2.45) is 0 Å². The van der Waals surface area contributed by atoms with Crippen molar-refractivity contribution < 1.29 is 14.3 Å². The molecule has 0 radical (unpaired) electrons. The van der Waals surface area contributed by atoms with Gasteiger partial charge in [0.1, 0.15) is 11.9 Å². The van der Waals surface area contributed by atoms with Crippen LogP contribution in [0.25, 0.3) is 0 Å². The summed E-state index contributed by atoms with van der Waals surface area (Å²) in [6.07, 6.45) is 5.83. The lowest BCUT2D eigenvalue weighted by molar-refractivity contribution is 0.0690. The van der Waals surface area contributed by atoms with Gasteiger partial charge in [0.15, 0.2) is 0 Å². The SMILES string of the molecule is CCCSC1(SCCC)CCOc2ccc(C#COC(=O)c3ccccc3)cc21. The lowest BCUT2D eigenvalue weighted by atomic mass is 10.0. The Morgan fingerprint density at radius 3 is 2.52 bits per heavy atom. The average Bonchev–Trinajstić information content (AvgIpc) is 2.77. The molecule has 0 fully saturated rings. The van der Waals surface area contributed by atoms with E-state index < -0.39 is 5.97 Å². The fourth-order valence-corrected chi connectivity index (χ4v) is 6.09. The first-order valence-electron chi connectivity index (χ1n) is 10.0. The van der Waals surface area contributed by atoms with Crippen LogP contribution in [0.3, 0.4) is 0 Å². The summed E-state index contributed by atoms with van der Waals surface area (Å²) in [5.74, 6) is 5.70. The van der Waals surface area contributed by atoms with Gasteiger partial charge in [-0.05, 0) is 60.6 Å². The number of fused-ring (bicyclic) bond motifs is 1. The summed E-state index contributed by atoms with van der Waals surface area (Å²) in [4.78, 5) is 12.1. The number of benzene rings is 2. The number of hydrogen-bond donors (Lipinski definition) is 0. The Hall–Kier alpha value is -2.03. The van der Waals surface area contributed by atoms with E-state index in [9.17, 15) is 4.79 Å². The number of carbonyl (C=O) groups excluding carboxylic acids is 1. The molecule has 3 nitrogen and oxygen atoms in total. The van der Waals surface area contributed by atoms with Gasteiger partial charge < -0.3 is 9.47 Å². The topological polar surface area (TPSA) is 35.5 Å². The van der Waals surface area contributed by atoms with Gasteiger partial charge in [0.05, 0.1) is 16.2 Å². The van der Waals surface area contributed by atoms with E-state index in [0.29, 0.717) is 5.56 Å². The molecule has 0 aliphatic carbocycles. The summed E-state index contributed by atoms with van der Waals surface area (Å²) in [7, 11) is 0. The van der Waals surface area contributed by atoms with Gasteiger partial charge in [-0.25, -0.2) is 4.79 Å². The van der Waals surface area contributed by atoms with E-state index in [2.05, 4.69) is 31.9 Å². The molecule has 0 amide bonds. The zero-order chi connectivity index (χ0) is 20.5. The zero-order valence-electron chi connectivity index (χ0n) is 16.9. The number of rotatable bonds is 7. The third-order valence-electron chi connectivity index (χ3n) is 4.51. The smallest absolute Gasteiger partial charge is 0.352 e. The highest BCUT2D eigenvalue weighted by molar-refractivity contribution is 8.17. The van der Waals surface area contributed by atoms with Crippen LogP contribution in [0.2, 0.25) is 0 Å². The van der Waals surface area contributed by atoms with Crippen LogP contribution < -0.4 is 4.74 Å². The highest BCUT2D eigenvalue weighted by Crippen LogP contribution is 2.54. The third kappa shape index (κ3) is 5.52. The molecule has 1 aliphatic rings. The maximum Gasteiger partial charge on any atom is 0.352 e. The molecule has 0 aromatic heterocycles. The second kappa shape index (κ2) is 10.7. The molecule has 0 spiro atoms. The van der Waals surface area contributed by atoms with Crippen molar-refractivity contribution >= 4 is 29.5 Å². The first-order chi connectivity index (χ1) is 14.2. The van der Waals surface area contributed by atoms with E-state index in [1.54, 1.807) is 24.3 Å². The lowest BCUT2D eigenvalue weighted by Gasteiger charge is -2.38. The zero-order valence-corrected chi connectivity index (χ0v) is 18.5. The van der Waals surface area contributed by atoms with Crippen molar-refractivity contribution in [3.8, 4) is 17.8 Å². The molecule has 3 rings (SSSR count). The normalized spacial score (nSPS) is 14.1. The fraction of sp³-hybridized carbons (Fsp3) is 0.375. The summed E-state index contributed by atoms with van der Waals surface area (Å²) < 4.78 is 11.0. The average molecular weight is 427 g/mol. The van der Waals surface area contributed by atoms with E-state index in [0.717, 1.165) is 48.7 Å². The van der Waals surface area contributed by atoms with Crippen molar-refractivity contribution in [1.82, 2.24) is 0 Å². The van der Waals surface area contributed by atoms with Gasteiger partial charge in [-0.2, -0.15) is 0 Å². The monoisotopic (exact) mass is 426 g/mol. The number of thioether (sulfide) groups is 2. The second-order valence-corrected chi connectivity index (χ2v) is 9.79. The minimum absolute atomic E-state index is 0.00198. The molecule has 5 heteroatoms. The minimum atomic E-state index is -0.439. The fourth-order valence-electron chi connectivity index (χ4n) is 3.10. The van der Waals surface area contributed by atoms with Crippen molar-refractivity contribution in [3.05, 3.63) is 65.2 Å². The first kappa shape index (κ1) is 21.7. The van der Waals surface area contributed by atoms with Gasteiger partial charge in [-0.1, -0.05) is 32.0 Å². The summed E-state index contributed by atoms with van der Waals surface area (Å²) in [6.45, 7) is 5.17. The van der Waals surface area contributed by atoms with Gasteiger partial charge >= 0.3 is 5.97 Å². The van der Waals surface area contributed by atoms with Gasteiger partial charge in [-0.3, -0.25) is 0 Å². The van der Waals surface area contributed by atoms with E-state index in [4.69, 9.17) is 9.47 Å². The standard InChI is InChI=1S/C24H26O3S2/c1-3-16-28-24(29-17-4-2)13-15-26-22-11-10-19(18-21(22)24)12-14-27-23(25)20-8-6-5-7-9-20/h5-11,18H,3-4,13,15-17H2,1-2H3. The molecule has 152 valence electrons. The molecule has 1 heterocycles. The van der Waals surface area contributed by atoms with E-state index in [1.165, 1.54) is 5.56 Å². The van der Waals surface area contributed by atoms with Crippen LogP contribution in [0.5, 0.6) is 5.75 Å². The van der Waals surface area contributed by atoms with Crippen LogP contribution in [0.15, 0.2) is 48.5 Å². The molecular formula is C24H26O3S2.